The molecule has 0 aliphatic carbocycles. The van der Waals surface area contributed by atoms with Crippen molar-refractivity contribution in [3.63, 3.8) is 0 Å². The van der Waals surface area contributed by atoms with Gasteiger partial charge in [0.2, 0.25) is 0 Å². The second kappa shape index (κ2) is 10.9. The van der Waals surface area contributed by atoms with E-state index in [9.17, 15) is 9.59 Å². The van der Waals surface area contributed by atoms with E-state index in [0.29, 0.717) is 38.5 Å². The Hall–Kier alpha value is -3.75. The van der Waals surface area contributed by atoms with Gasteiger partial charge in [-0.25, -0.2) is 14.6 Å². The lowest BCUT2D eigenvalue weighted by atomic mass is 10.1. The van der Waals surface area contributed by atoms with Gasteiger partial charge in [0, 0.05) is 38.8 Å². The zero-order valence-electron chi connectivity index (χ0n) is 21.3. The van der Waals surface area contributed by atoms with Crippen LogP contribution in [0, 0.1) is 6.92 Å². The van der Waals surface area contributed by atoms with E-state index < -0.39 is 5.60 Å². The third kappa shape index (κ3) is 6.68. The molecule has 4 rings (SSSR count). The maximum atomic E-state index is 12.9. The molecular formula is C27H34N4O5. The number of anilines is 1. The van der Waals surface area contributed by atoms with Gasteiger partial charge in [-0.15, -0.1) is 0 Å². The van der Waals surface area contributed by atoms with Gasteiger partial charge >= 0.3 is 12.2 Å². The molecule has 0 bridgehead atoms. The number of oxazole rings is 1. The van der Waals surface area contributed by atoms with Crippen LogP contribution < -0.4 is 5.32 Å². The van der Waals surface area contributed by atoms with Crippen LogP contribution in [0.4, 0.5) is 15.3 Å². The number of benzene rings is 2. The molecule has 192 valence electrons. The van der Waals surface area contributed by atoms with Crippen molar-refractivity contribution in [3.8, 4) is 0 Å². The Morgan fingerprint density at radius 3 is 2.64 bits per heavy atom. The molecular weight excluding hydrogens is 460 g/mol. The van der Waals surface area contributed by atoms with Crippen LogP contribution in [0.5, 0.6) is 0 Å². The molecule has 1 aliphatic heterocycles. The summed E-state index contributed by atoms with van der Waals surface area (Å²) >= 11 is 0. The first-order valence-corrected chi connectivity index (χ1v) is 12.2. The predicted octanol–water partition coefficient (Wildman–Crippen LogP) is 5.20. The number of fused-ring (bicyclic) bond motifs is 1. The molecule has 2 aromatic carbocycles. The largest absolute Gasteiger partial charge is 0.445 e. The number of hydrogen-bond donors (Lipinski definition) is 1. The molecule has 1 saturated heterocycles. The van der Waals surface area contributed by atoms with Crippen molar-refractivity contribution >= 4 is 29.0 Å². The fourth-order valence-corrected chi connectivity index (χ4v) is 4.18. The highest BCUT2D eigenvalue weighted by Gasteiger charge is 2.35. The lowest BCUT2D eigenvalue weighted by molar-refractivity contribution is -0.00386. The molecule has 1 N–H and O–H groups in total. The number of ether oxygens (including phenoxy) is 2. The summed E-state index contributed by atoms with van der Waals surface area (Å²) in [6, 6.07) is 15.1. The summed E-state index contributed by atoms with van der Waals surface area (Å²) in [6.07, 6.45) is -0.130. The molecule has 1 aromatic heterocycles. The summed E-state index contributed by atoms with van der Waals surface area (Å²) in [5.41, 5.74) is 2.77. The smallest absolute Gasteiger partial charge is 0.410 e. The van der Waals surface area contributed by atoms with Crippen LogP contribution >= 0.6 is 0 Å². The predicted molar refractivity (Wildman–Crippen MR) is 137 cm³/mol. The van der Waals surface area contributed by atoms with Crippen molar-refractivity contribution < 1.29 is 23.5 Å². The number of piperazine rings is 1. The number of nitrogens with one attached hydrogen (secondary N) is 1. The first-order chi connectivity index (χ1) is 17.2. The van der Waals surface area contributed by atoms with E-state index in [1.54, 1.807) is 9.80 Å². The van der Waals surface area contributed by atoms with Crippen molar-refractivity contribution in [2.75, 3.05) is 31.5 Å². The maximum absolute atomic E-state index is 12.9. The number of nitrogens with zero attached hydrogens (tertiary/aromatic N) is 3. The standard InChI is InChI=1S/C27H34N4O5/c1-19-29-23-16-21(10-11-24(23)35-19)28-13-12-22-17-30(14-15-31(22)26(33)36-27(2,3)4)25(32)34-18-20-8-6-5-7-9-20/h5-11,16,22,28H,12-15,17-18H2,1-4H3/t22-/m1/s1. The number of aromatic nitrogens is 1. The number of aryl methyl sites for hydroxylation is 1. The van der Waals surface area contributed by atoms with Gasteiger partial charge in [-0.05, 0) is 51.0 Å². The van der Waals surface area contributed by atoms with E-state index in [1.165, 1.54) is 0 Å². The molecule has 36 heavy (non-hydrogen) atoms. The molecule has 1 aliphatic rings. The third-order valence-corrected chi connectivity index (χ3v) is 5.88. The molecule has 0 spiro atoms. The Balaban J connectivity index is 1.38. The van der Waals surface area contributed by atoms with Gasteiger partial charge in [-0.3, -0.25) is 0 Å². The van der Waals surface area contributed by atoms with Crippen LogP contribution in [0.25, 0.3) is 11.1 Å². The lowest BCUT2D eigenvalue weighted by Crippen LogP contribution is -2.57. The topological polar surface area (TPSA) is 97.1 Å². The third-order valence-electron chi connectivity index (χ3n) is 5.88. The van der Waals surface area contributed by atoms with Crippen molar-refractivity contribution in [1.82, 2.24) is 14.8 Å². The SMILES string of the molecule is Cc1nc2cc(NCC[C@@H]3CN(C(=O)OCc4ccccc4)CCN3C(=O)OC(C)(C)C)ccc2o1. The number of rotatable bonds is 6. The first kappa shape index (κ1) is 25.3. The van der Waals surface area contributed by atoms with E-state index in [2.05, 4.69) is 10.3 Å². The Morgan fingerprint density at radius 1 is 1.11 bits per heavy atom. The molecule has 1 fully saturated rings. The highest BCUT2D eigenvalue weighted by Crippen LogP contribution is 2.22. The Morgan fingerprint density at radius 2 is 1.89 bits per heavy atom. The number of hydrogen-bond acceptors (Lipinski definition) is 7. The molecule has 1 atom stereocenters. The van der Waals surface area contributed by atoms with Gasteiger partial charge in [0.05, 0.1) is 6.04 Å². The van der Waals surface area contributed by atoms with Gasteiger partial charge < -0.3 is 29.0 Å². The number of amides is 2. The molecule has 0 unspecified atom stereocenters. The van der Waals surface area contributed by atoms with Crippen LogP contribution in [-0.4, -0.2) is 64.8 Å². The summed E-state index contributed by atoms with van der Waals surface area (Å²) in [5, 5.41) is 3.40. The fourth-order valence-electron chi connectivity index (χ4n) is 4.18. The second-order valence-electron chi connectivity index (χ2n) is 9.94. The molecule has 0 radical (unpaired) electrons. The van der Waals surface area contributed by atoms with Crippen molar-refractivity contribution in [3.05, 3.63) is 60.0 Å². The quantitative estimate of drug-likeness (QED) is 0.503. The summed E-state index contributed by atoms with van der Waals surface area (Å²) in [6.45, 7) is 9.31. The molecule has 2 heterocycles. The Labute approximate surface area is 211 Å². The molecule has 9 heteroatoms. The van der Waals surface area contributed by atoms with E-state index in [4.69, 9.17) is 13.9 Å². The minimum atomic E-state index is -0.600. The van der Waals surface area contributed by atoms with Gasteiger partial charge in [-0.2, -0.15) is 0 Å². The normalized spacial score (nSPS) is 16.2. The van der Waals surface area contributed by atoms with Crippen LogP contribution in [-0.2, 0) is 16.1 Å². The Kier molecular flexibility index (Phi) is 7.67. The van der Waals surface area contributed by atoms with Crippen molar-refractivity contribution in [1.29, 1.82) is 0 Å². The molecule has 2 amide bonds. The van der Waals surface area contributed by atoms with Crippen LogP contribution in [0.2, 0.25) is 0 Å². The van der Waals surface area contributed by atoms with E-state index in [1.807, 2.05) is 76.2 Å². The summed E-state index contributed by atoms with van der Waals surface area (Å²) < 4.78 is 16.7. The highest BCUT2D eigenvalue weighted by molar-refractivity contribution is 5.77. The van der Waals surface area contributed by atoms with E-state index in [-0.39, 0.29) is 24.8 Å². The monoisotopic (exact) mass is 494 g/mol. The van der Waals surface area contributed by atoms with Gasteiger partial charge in [0.25, 0.3) is 0 Å². The van der Waals surface area contributed by atoms with Crippen LogP contribution in [0.1, 0.15) is 38.6 Å². The second-order valence-corrected chi connectivity index (χ2v) is 9.94. The lowest BCUT2D eigenvalue weighted by Gasteiger charge is -2.41. The molecule has 0 saturated carbocycles. The Bertz CT molecular complexity index is 1190. The molecule has 9 nitrogen and oxygen atoms in total. The van der Waals surface area contributed by atoms with Crippen molar-refractivity contribution in [2.24, 2.45) is 0 Å². The van der Waals surface area contributed by atoms with Gasteiger partial charge in [-0.1, -0.05) is 30.3 Å². The van der Waals surface area contributed by atoms with Crippen LogP contribution in [0.3, 0.4) is 0 Å². The average molecular weight is 495 g/mol. The van der Waals surface area contributed by atoms with E-state index >= 15 is 0 Å². The summed E-state index contributed by atoms with van der Waals surface area (Å²) in [4.78, 5) is 33.5. The van der Waals surface area contributed by atoms with Gasteiger partial charge in [0.1, 0.15) is 17.7 Å². The molecule has 3 aromatic rings. The van der Waals surface area contributed by atoms with Crippen molar-refractivity contribution in [2.45, 2.75) is 52.4 Å². The maximum Gasteiger partial charge on any atom is 0.410 e. The minimum Gasteiger partial charge on any atom is -0.445 e. The minimum absolute atomic E-state index is 0.210. The van der Waals surface area contributed by atoms with E-state index in [0.717, 1.165) is 22.4 Å². The number of carbonyl (C=O) groups is 2. The van der Waals surface area contributed by atoms with Gasteiger partial charge in [0.15, 0.2) is 11.5 Å². The highest BCUT2D eigenvalue weighted by atomic mass is 16.6. The zero-order chi connectivity index (χ0) is 25.7. The first-order valence-electron chi connectivity index (χ1n) is 12.2. The fraction of sp³-hybridized carbons (Fsp3) is 0.444. The summed E-state index contributed by atoms with van der Waals surface area (Å²) in [5.74, 6) is 0.622. The van der Waals surface area contributed by atoms with Crippen LogP contribution in [0.15, 0.2) is 52.9 Å². The summed E-state index contributed by atoms with van der Waals surface area (Å²) in [7, 11) is 0. The number of carbonyl (C=O) groups excluding carboxylic acids is 2. The average Bonchev–Trinajstić information content (AvgIpc) is 3.21. The zero-order valence-corrected chi connectivity index (χ0v) is 21.3.